The maximum Gasteiger partial charge on any atom is 0.118 e. The number of aliphatic hydroxyl groups is 1. The highest BCUT2D eigenvalue weighted by atomic mass is 16.5. The first kappa shape index (κ1) is 13.4. The average Bonchev–Trinajstić information content (AvgIpc) is 2.46. The highest BCUT2D eigenvalue weighted by Crippen LogP contribution is 2.35. The van der Waals surface area contributed by atoms with E-state index >= 15 is 0 Å². The van der Waals surface area contributed by atoms with E-state index in [1.54, 1.807) is 7.11 Å². The highest BCUT2D eigenvalue weighted by molar-refractivity contribution is 5.29. The molecule has 0 aliphatic heterocycles. The van der Waals surface area contributed by atoms with Crippen LogP contribution in [0.5, 0.6) is 5.75 Å². The first-order chi connectivity index (χ1) is 8.76. The van der Waals surface area contributed by atoms with Crippen LogP contribution in [-0.2, 0) is 0 Å². The van der Waals surface area contributed by atoms with Crippen LogP contribution >= 0.6 is 0 Å². The van der Waals surface area contributed by atoms with Crippen molar-refractivity contribution < 1.29 is 9.84 Å². The minimum Gasteiger partial charge on any atom is -0.497 e. The molecule has 0 spiro atoms. The largest absolute Gasteiger partial charge is 0.497 e. The Bertz CT molecular complexity index is 363. The maximum atomic E-state index is 10.5. The van der Waals surface area contributed by atoms with E-state index in [0.717, 1.165) is 24.2 Å². The maximum absolute atomic E-state index is 10.5. The smallest absolute Gasteiger partial charge is 0.118 e. The number of ether oxygens (including phenoxy) is 1. The summed E-state index contributed by atoms with van der Waals surface area (Å²) in [6, 6.07) is 8.18. The monoisotopic (exact) mass is 249 g/mol. The summed E-state index contributed by atoms with van der Waals surface area (Å²) in [5.41, 5.74) is 0.989. The molecule has 0 unspecified atom stereocenters. The van der Waals surface area contributed by atoms with Crippen LogP contribution in [0.15, 0.2) is 24.3 Å². The van der Waals surface area contributed by atoms with Crippen LogP contribution in [0.25, 0.3) is 0 Å². The number of hydrogen-bond acceptors (Lipinski definition) is 3. The summed E-state index contributed by atoms with van der Waals surface area (Å²) < 4.78 is 5.14. The first-order valence-corrected chi connectivity index (χ1v) is 6.75. The van der Waals surface area contributed by atoms with E-state index in [9.17, 15) is 5.11 Å². The fraction of sp³-hybridized carbons (Fsp3) is 0.600. The van der Waals surface area contributed by atoms with Gasteiger partial charge in [-0.1, -0.05) is 25.0 Å². The van der Waals surface area contributed by atoms with Crippen molar-refractivity contribution in [2.24, 2.45) is 5.92 Å². The molecule has 0 aromatic heterocycles. The van der Waals surface area contributed by atoms with Crippen molar-refractivity contribution in [2.45, 2.75) is 37.8 Å². The molecule has 1 aliphatic rings. The molecule has 0 bridgehead atoms. The lowest BCUT2D eigenvalue weighted by atomic mass is 9.79. The highest BCUT2D eigenvalue weighted by Gasteiger charge is 2.30. The molecule has 3 nitrogen and oxygen atoms in total. The van der Waals surface area contributed by atoms with Gasteiger partial charge in [0, 0.05) is 12.0 Å². The van der Waals surface area contributed by atoms with Gasteiger partial charge in [0.05, 0.1) is 13.2 Å². The fourth-order valence-electron chi connectivity index (χ4n) is 2.94. The summed E-state index contributed by atoms with van der Waals surface area (Å²) in [6.07, 6.45) is 4.36. The van der Waals surface area contributed by atoms with Crippen molar-refractivity contribution in [2.75, 3.05) is 14.2 Å². The molecule has 1 saturated carbocycles. The van der Waals surface area contributed by atoms with Crippen molar-refractivity contribution >= 4 is 0 Å². The Morgan fingerprint density at radius 1 is 1.22 bits per heavy atom. The van der Waals surface area contributed by atoms with Gasteiger partial charge in [0.2, 0.25) is 0 Å². The van der Waals surface area contributed by atoms with Crippen LogP contribution in [-0.4, -0.2) is 25.3 Å². The van der Waals surface area contributed by atoms with Crippen molar-refractivity contribution in [1.29, 1.82) is 0 Å². The van der Waals surface area contributed by atoms with Gasteiger partial charge in [-0.2, -0.15) is 0 Å². The summed E-state index contributed by atoms with van der Waals surface area (Å²) in [5.74, 6) is 1.15. The van der Waals surface area contributed by atoms with Gasteiger partial charge in [-0.15, -0.1) is 0 Å². The quantitative estimate of drug-likeness (QED) is 0.861. The molecular weight excluding hydrogens is 226 g/mol. The molecule has 18 heavy (non-hydrogen) atoms. The predicted molar refractivity (Wildman–Crippen MR) is 72.8 cm³/mol. The second-order valence-corrected chi connectivity index (χ2v) is 5.06. The van der Waals surface area contributed by atoms with E-state index in [4.69, 9.17) is 4.74 Å². The molecule has 1 aromatic rings. The molecule has 0 heterocycles. The van der Waals surface area contributed by atoms with E-state index in [1.807, 2.05) is 31.3 Å². The number of benzene rings is 1. The van der Waals surface area contributed by atoms with E-state index in [1.165, 1.54) is 12.8 Å². The Kier molecular flexibility index (Phi) is 4.61. The van der Waals surface area contributed by atoms with E-state index in [-0.39, 0.29) is 6.10 Å². The molecule has 2 N–H and O–H groups in total. The zero-order valence-electron chi connectivity index (χ0n) is 11.2. The minimum absolute atomic E-state index is 0.317. The van der Waals surface area contributed by atoms with Gasteiger partial charge in [0.15, 0.2) is 0 Å². The Morgan fingerprint density at radius 3 is 2.50 bits per heavy atom. The van der Waals surface area contributed by atoms with E-state index in [2.05, 4.69) is 5.32 Å². The van der Waals surface area contributed by atoms with Gasteiger partial charge in [-0.05, 0) is 37.6 Å². The van der Waals surface area contributed by atoms with Crippen LogP contribution in [0, 0.1) is 5.92 Å². The molecule has 3 heteroatoms. The Labute approximate surface area is 109 Å². The summed E-state index contributed by atoms with van der Waals surface area (Å²) in [6.45, 7) is 0. The first-order valence-electron chi connectivity index (χ1n) is 6.75. The fourth-order valence-corrected chi connectivity index (χ4v) is 2.94. The van der Waals surface area contributed by atoms with E-state index < -0.39 is 0 Å². The third kappa shape index (κ3) is 2.85. The number of rotatable bonds is 4. The van der Waals surface area contributed by atoms with Gasteiger partial charge >= 0.3 is 0 Å². The van der Waals surface area contributed by atoms with Crippen LogP contribution in [0.4, 0.5) is 0 Å². The zero-order chi connectivity index (χ0) is 13.0. The van der Waals surface area contributed by atoms with Crippen LogP contribution in [0.1, 0.15) is 37.4 Å². The van der Waals surface area contributed by atoms with Gasteiger partial charge < -0.3 is 15.2 Å². The van der Waals surface area contributed by atoms with Gasteiger partial charge in [0.25, 0.3) is 0 Å². The number of methoxy groups -OCH3 is 1. The molecule has 2 rings (SSSR count). The minimum atomic E-state index is -0.381. The molecule has 100 valence electrons. The molecule has 0 amide bonds. The standard InChI is InChI=1S/C15H23NO2/c1-16-14-6-4-3-5-13(14)15(17)11-7-9-12(18-2)10-8-11/h7-10,13-17H,3-6H2,1-2H3/t13-,14-,15-/m1/s1. The van der Waals surface area contributed by atoms with Crippen molar-refractivity contribution in [3.05, 3.63) is 29.8 Å². The van der Waals surface area contributed by atoms with Crippen LogP contribution in [0.2, 0.25) is 0 Å². The van der Waals surface area contributed by atoms with Gasteiger partial charge in [-0.25, -0.2) is 0 Å². The Balaban J connectivity index is 2.10. The summed E-state index contributed by atoms with van der Waals surface area (Å²) in [7, 11) is 3.65. The lowest BCUT2D eigenvalue weighted by Gasteiger charge is -2.34. The predicted octanol–water partition coefficient (Wildman–Crippen LogP) is 2.51. The molecule has 1 fully saturated rings. The second-order valence-electron chi connectivity index (χ2n) is 5.06. The van der Waals surface area contributed by atoms with E-state index in [0.29, 0.717) is 12.0 Å². The molecular formula is C15H23NO2. The van der Waals surface area contributed by atoms with Gasteiger partial charge in [-0.3, -0.25) is 0 Å². The summed E-state index contributed by atoms with van der Waals surface area (Å²) in [5, 5.41) is 13.9. The van der Waals surface area contributed by atoms with Crippen molar-refractivity contribution in [3.8, 4) is 5.75 Å². The Morgan fingerprint density at radius 2 is 1.89 bits per heavy atom. The second kappa shape index (κ2) is 6.21. The van der Waals surface area contributed by atoms with Gasteiger partial charge in [0.1, 0.15) is 5.75 Å². The number of aliphatic hydroxyl groups excluding tert-OH is 1. The summed E-state index contributed by atoms with van der Waals surface area (Å²) in [4.78, 5) is 0. The number of nitrogens with one attached hydrogen (secondary N) is 1. The normalized spacial score (nSPS) is 25.7. The SMILES string of the molecule is CN[C@@H]1CCCC[C@H]1[C@H](O)c1ccc(OC)cc1. The lowest BCUT2D eigenvalue weighted by molar-refractivity contribution is 0.0638. The third-order valence-electron chi connectivity index (χ3n) is 4.05. The topological polar surface area (TPSA) is 41.5 Å². The molecule has 3 atom stereocenters. The van der Waals surface area contributed by atoms with Crippen molar-refractivity contribution in [1.82, 2.24) is 5.32 Å². The van der Waals surface area contributed by atoms with Crippen LogP contribution in [0.3, 0.4) is 0 Å². The molecule has 0 radical (unpaired) electrons. The molecule has 0 saturated heterocycles. The van der Waals surface area contributed by atoms with Crippen molar-refractivity contribution in [3.63, 3.8) is 0 Å². The summed E-state index contributed by atoms with van der Waals surface area (Å²) >= 11 is 0. The van der Waals surface area contributed by atoms with Crippen LogP contribution < -0.4 is 10.1 Å². The Hall–Kier alpha value is -1.06. The molecule has 1 aliphatic carbocycles. The third-order valence-corrected chi connectivity index (χ3v) is 4.05. The zero-order valence-corrected chi connectivity index (χ0v) is 11.2. The number of hydrogen-bond donors (Lipinski definition) is 2. The average molecular weight is 249 g/mol. The molecule has 1 aromatic carbocycles. The lowest BCUT2D eigenvalue weighted by Crippen LogP contribution is -2.39.